The Labute approximate surface area is 111 Å². The SMILES string of the molecule is Cc1ccc(S(=O)(=O)N(C)C2CNC2)cc1[N+](=O)[O-]. The molecule has 104 valence electrons. The Morgan fingerprint density at radius 1 is 1.42 bits per heavy atom. The predicted molar refractivity (Wildman–Crippen MR) is 69.4 cm³/mol. The van der Waals surface area contributed by atoms with Crippen molar-refractivity contribution in [1.82, 2.24) is 9.62 Å². The zero-order valence-electron chi connectivity index (χ0n) is 10.7. The average Bonchev–Trinajstić information content (AvgIpc) is 2.26. The van der Waals surface area contributed by atoms with E-state index in [4.69, 9.17) is 0 Å². The lowest BCUT2D eigenvalue weighted by Crippen LogP contribution is -2.57. The first kappa shape index (κ1) is 13.9. The van der Waals surface area contributed by atoms with E-state index in [1.165, 1.54) is 23.5 Å². The van der Waals surface area contributed by atoms with Gasteiger partial charge in [-0.2, -0.15) is 4.31 Å². The Morgan fingerprint density at radius 2 is 2.05 bits per heavy atom. The highest BCUT2D eigenvalue weighted by atomic mass is 32.2. The second-order valence-electron chi connectivity index (χ2n) is 4.54. The van der Waals surface area contributed by atoms with E-state index in [1.54, 1.807) is 6.92 Å². The van der Waals surface area contributed by atoms with Crippen LogP contribution in [0.5, 0.6) is 0 Å². The molecule has 0 aromatic heterocycles. The highest BCUT2D eigenvalue weighted by Gasteiger charge is 2.32. The van der Waals surface area contributed by atoms with Gasteiger partial charge in [0.25, 0.3) is 5.69 Å². The average molecular weight is 285 g/mol. The first-order chi connectivity index (χ1) is 8.84. The highest BCUT2D eigenvalue weighted by Crippen LogP contribution is 2.25. The molecule has 0 spiro atoms. The molecule has 7 nitrogen and oxygen atoms in total. The van der Waals surface area contributed by atoms with Crippen LogP contribution in [0.15, 0.2) is 23.1 Å². The molecule has 0 aliphatic carbocycles. The first-order valence-corrected chi connectivity index (χ1v) is 7.22. The number of sulfonamides is 1. The summed E-state index contributed by atoms with van der Waals surface area (Å²) in [6.07, 6.45) is 0. The van der Waals surface area contributed by atoms with Crippen LogP contribution in [-0.2, 0) is 10.0 Å². The van der Waals surface area contributed by atoms with Gasteiger partial charge in [0.05, 0.1) is 9.82 Å². The molecule has 0 radical (unpaired) electrons. The van der Waals surface area contributed by atoms with Crippen LogP contribution in [0, 0.1) is 17.0 Å². The molecule has 1 saturated heterocycles. The van der Waals surface area contributed by atoms with Crippen LogP contribution in [0.1, 0.15) is 5.56 Å². The fourth-order valence-electron chi connectivity index (χ4n) is 1.84. The van der Waals surface area contributed by atoms with E-state index in [0.29, 0.717) is 18.7 Å². The molecule has 0 atom stereocenters. The summed E-state index contributed by atoms with van der Waals surface area (Å²) in [5.41, 5.74) is 0.262. The van der Waals surface area contributed by atoms with Crippen LogP contribution in [0.25, 0.3) is 0 Å². The molecule has 1 aromatic rings. The quantitative estimate of drug-likeness (QED) is 0.642. The summed E-state index contributed by atoms with van der Waals surface area (Å²) < 4.78 is 25.9. The molecular weight excluding hydrogens is 270 g/mol. The maximum Gasteiger partial charge on any atom is 0.273 e. The fraction of sp³-hybridized carbons (Fsp3) is 0.455. The van der Waals surface area contributed by atoms with Crippen molar-refractivity contribution in [3.8, 4) is 0 Å². The molecule has 1 N–H and O–H groups in total. The third-order valence-electron chi connectivity index (χ3n) is 3.33. The summed E-state index contributed by atoms with van der Waals surface area (Å²) in [4.78, 5) is 10.2. The van der Waals surface area contributed by atoms with Crippen molar-refractivity contribution >= 4 is 15.7 Å². The minimum Gasteiger partial charge on any atom is -0.313 e. The molecule has 0 unspecified atom stereocenters. The summed E-state index contributed by atoms with van der Waals surface area (Å²) in [7, 11) is -2.19. The minimum absolute atomic E-state index is 0.0424. The van der Waals surface area contributed by atoms with Crippen molar-refractivity contribution in [3.63, 3.8) is 0 Å². The van der Waals surface area contributed by atoms with Crippen LogP contribution < -0.4 is 5.32 Å². The van der Waals surface area contributed by atoms with Crippen molar-refractivity contribution in [1.29, 1.82) is 0 Å². The van der Waals surface area contributed by atoms with Gasteiger partial charge in [-0.15, -0.1) is 0 Å². The van der Waals surface area contributed by atoms with Crippen molar-refractivity contribution in [2.45, 2.75) is 17.9 Å². The van der Waals surface area contributed by atoms with Crippen LogP contribution >= 0.6 is 0 Å². The van der Waals surface area contributed by atoms with Crippen molar-refractivity contribution in [2.24, 2.45) is 0 Å². The number of aryl methyl sites for hydroxylation is 1. The van der Waals surface area contributed by atoms with Gasteiger partial charge in [-0.05, 0) is 13.0 Å². The van der Waals surface area contributed by atoms with Gasteiger partial charge in [-0.25, -0.2) is 8.42 Å². The van der Waals surface area contributed by atoms with Gasteiger partial charge in [0.1, 0.15) is 0 Å². The lowest BCUT2D eigenvalue weighted by molar-refractivity contribution is -0.385. The van der Waals surface area contributed by atoms with Crippen LogP contribution in [-0.4, -0.2) is 43.8 Å². The number of benzene rings is 1. The lowest BCUT2D eigenvalue weighted by atomic mass is 10.2. The Kier molecular flexibility index (Phi) is 3.57. The molecule has 8 heteroatoms. The molecule has 1 fully saturated rings. The van der Waals surface area contributed by atoms with Gasteiger partial charge < -0.3 is 5.32 Å². The number of nitro benzene ring substituents is 1. The van der Waals surface area contributed by atoms with E-state index in [1.807, 2.05) is 0 Å². The Morgan fingerprint density at radius 3 is 2.53 bits per heavy atom. The second kappa shape index (κ2) is 4.87. The maximum absolute atomic E-state index is 12.3. The number of hydrogen-bond acceptors (Lipinski definition) is 5. The van der Waals surface area contributed by atoms with Gasteiger partial charge in [0.15, 0.2) is 0 Å². The van der Waals surface area contributed by atoms with E-state index < -0.39 is 14.9 Å². The topological polar surface area (TPSA) is 92.6 Å². The van der Waals surface area contributed by atoms with Gasteiger partial charge in [0, 0.05) is 37.8 Å². The molecule has 2 rings (SSSR count). The summed E-state index contributed by atoms with van der Waals surface area (Å²) in [6, 6.07) is 3.89. The number of rotatable bonds is 4. The minimum atomic E-state index is -3.68. The van der Waals surface area contributed by atoms with Crippen molar-refractivity contribution < 1.29 is 13.3 Å². The third-order valence-corrected chi connectivity index (χ3v) is 5.23. The first-order valence-electron chi connectivity index (χ1n) is 5.78. The number of likely N-dealkylation sites (N-methyl/N-ethyl adjacent to an activating group) is 1. The Hall–Kier alpha value is -1.51. The number of nitrogens with one attached hydrogen (secondary N) is 1. The third kappa shape index (κ3) is 2.46. The van der Waals surface area contributed by atoms with Crippen LogP contribution in [0.4, 0.5) is 5.69 Å². The smallest absolute Gasteiger partial charge is 0.273 e. The summed E-state index contributed by atoms with van der Waals surface area (Å²) in [6.45, 7) is 2.78. The zero-order valence-corrected chi connectivity index (χ0v) is 11.5. The monoisotopic (exact) mass is 285 g/mol. The number of nitrogens with zero attached hydrogens (tertiary/aromatic N) is 2. The van der Waals surface area contributed by atoms with E-state index in [0.717, 1.165) is 6.07 Å². The van der Waals surface area contributed by atoms with Crippen molar-refractivity contribution in [2.75, 3.05) is 20.1 Å². The Balaban J connectivity index is 2.40. The predicted octanol–water partition coefficient (Wildman–Crippen LogP) is 0.496. The normalized spacial score (nSPS) is 16.4. The van der Waals surface area contributed by atoms with Gasteiger partial charge >= 0.3 is 0 Å². The molecule has 1 aliphatic rings. The zero-order chi connectivity index (χ0) is 14.2. The van der Waals surface area contributed by atoms with Gasteiger partial charge in [-0.3, -0.25) is 10.1 Å². The molecule has 0 amide bonds. The maximum atomic E-state index is 12.3. The molecule has 1 aliphatic heterocycles. The number of nitro groups is 1. The summed E-state index contributed by atoms with van der Waals surface area (Å²) in [5.74, 6) is 0. The lowest BCUT2D eigenvalue weighted by Gasteiger charge is -2.34. The molecule has 1 heterocycles. The second-order valence-corrected chi connectivity index (χ2v) is 6.54. The van der Waals surface area contributed by atoms with Gasteiger partial charge in [-0.1, -0.05) is 6.07 Å². The molecule has 19 heavy (non-hydrogen) atoms. The van der Waals surface area contributed by atoms with Crippen LogP contribution in [0.3, 0.4) is 0 Å². The van der Waals surface area contributed by atoms with E-state index in [-0.39, 0.29) is 16.6 Å². The number of hydrogen-bond donors (Lipinski definition) is 1. The van der Waals surface area contributed by atoms with Crippen LogP contribution in [0.2, 0.25) is 0 Å². The molecule has 1 aromatic carbocycles. The fourth-order valence-corrected chi connectivity index (χ4v) is 3.21. The van der Waals surface area contributed by atoms with Crippen molar-refractivity contribution in [3.05, 3.63) is 33.9 Å². The molecule has 0 saturated carbocycles. The Bertz CT molecular complexity index is 610. The molecule has 0 bridgehead atoms. The standard InChI is InChI=1S/C11H15N3O4S/c1-8-3-4-10(5-11(8)14(15)16)19(17,18)13(2)9-6-12-7-9/h3-5,9,12H,6-7H2,1-2H3. The largest absolute Gasteiger partial charge is 0.313 e. The van der Waals surface area contributed by atoms with E-state index >= 15 is 0 Å². The van der Waals surface area contributed by atoms with E-state index in [2.05, 4.69) is 5.32 Å². The van der Waals surface area contributed by atoms with E-state index in [9.17, 15) is 18.5 Å². The molecular formula is C11H15N3O4S. The summed E-state index contributed by atoms with van der Waals surface area (Å²) in [5, 5.41) is 13.8. The highest BCUT2D eigenvalue weighted by molar-refractivity contribution is 7.89. The summed E-state index contributed by atoms with van der Waals surface area (Å²) >= 11 is 0. The van der Waals surface area contributed by atoms with Gasteiger partial charge in [0.2, 0.25) is 10.0 Å².